The molecule has 1 heterocycles. The molecular weight excluding hydrogens is 310 g/mol. The maximum Gasteiger partial charge on any atom is 0.242 e. The summed E-state index contributed by atoms with van der Waals surface area (Å²) in [6, 6.07) is 4.61. The molecule has 1 aliphatic heterocycles. The van der Waals surface area contributed by atoms with E-state index >= 15 is 0 Å². The van der Waals surface area contributed by atoms with Crippen molar-refractivity contribution in [2.45, 2.75) is 31.8 Å². The van der Waals surface area contributed by atoms with Crippen LogP contribution in [0.5, 0.6) is 11.5 Å². The predicted molar refractivity (Wildman–Crippen MR) is 90.0 cm³/mol. The fourth-order valence-corrected chi connectivity index (χ4v) is 2.97. The van der Waals surface area contributed by atoms with Crippen LogP contribution in [0.4, 0.5) is 0 Å². The van der Waals surface area contributed by atoms with E-state index in [1.165, 1.54) is 0 Å². The fourth-order valence-electron chi connectivity index (χ4n) is 2.97. The topological polar surface area (TPSA) is 93.9 Å². The van der Waals surface area contributed by atoms with Gasteiger partial charge in [0.25, 0.3) is 0 Å². The lowest BCUT2D eigenvalue weighted by molar-refractivity contribution is -0.137. The van der Waals surface area contributed by atoms with E-state index in [2.05, 4.69) is 5.32 Å². The molecule has 0 unspecified atom stereocenters. The van der Waals surface area contributed by atoms with Gasteiger partial charge < -0.3 is 25.4 Å². The number of nitrogens with two attached hydrogens (primary N) is 1. The van der Waals surface area contributed by atoms with Gasteiger partial charge in [-0.1, -0.05) is 0 Å². The molecule has 7 nitrogen and oxygen atoms in total. The summed E-state index contributed by atoms with van der Waals surface area (Å²) in [5.41, 5.74) is 6.68. The van der Waals surface area contributed by atoms with E-state index in [1.807, 2.05) is 6.92 Å². The number of ether oxygens (including phenoxy) is 2. The highest BCUT2D eigenvalue weighted by Gasteiger charge is 2.37. The maximum atomic E-state index is 12.7. The van der Waals surface area contributed by atoms with Crippen molar-refractivity contribution in [3.05, 3.63) is 23.8 Å². The number of nitrogens with one attached hydrogen (secondary N) is 1. The van der Waals surface area contributed by atoms with Gasteiger partial charge in [-0.3, -0.25) is 9.59 Å². The van der Waals surface area contributed by atoms with Gasteiger partial charge >= 0.3 is 0 Å². The molecule has 0 radical (unpaired) electrons. The molecule has 1 aromatic carbocycles. The molecule has 1 saturated heterocycles. The Kier molecular flexibility index (Phi) is 6.03. The quantitative estimate of drug-likeness (QED) is 0.780. The van der Waals surface area contributed by atoms with Crippen molar-refractivity contribution in [1.29, 1.82) is 0 Å². The standard InChI is InChI=1S/C17H25N3O4/c1-4-19-17(22)14-9-12(18)10-20(14)16(21)8-11-7-13(23-2)5-6-15(11)24-3/h5-7,12,14H,4,8-10,18H2,1-3H3,(H,19,22)/t12-,14-/m0/s1. The summed E-state index contributed by atoms with van der Waals surface area (Å²) in [5, 5.41) is 2.76. The maximum absolute atomic E-state index is 12.7. The number of rotatable bonds is 6. The third-order valence-electron chi connectivity index (χ3n) is 4.14. The molecule has 0 aliphatic carbocycles. The van der Waals surface area contributed by atoms with Gasteiger partial charge in [-0.25, -0.2) is 0 Å². The zero-order valence-corrected chi connectivity index (χ0v) is 14.4. The van der Waals surface area contributed by atoms with Crippen molar-refractivity contribution in [1.82, 2.24) is 10.2 Å². The number of carbonyl (C=O) groups is 2. The molecule has 132 valence electrons. The minimum absolute atomic E-state index is 0.128. The van der Waals surface area contributed by atoms with Crippen molar-refractivity contribution in [3.63, 3.8) is 0 Å². The lowest BCUT2D eigenvalue weighted by Gasteiger charge is -2.24. The Bertz CT molecular complexity index is 605. The predicted octanol–water partition coefficient (Wildman–Crippen LogP) is 0.311. The van der Waals surface area contributed by atoms with Crippen LogP contribution in [0.2, 0.25) is 0 Å². The normalized spacial score (nSPS) is 19.9. The van der Waals surface area contributed by atoms with Crippen LogP contribution in [0.1, 0.15) is 18.9 Å². The first-order valence-corrected chi connectivity index (χ1v) is 8.03. The van der Waals surface area contributed by atoms with Crippen molar-refractivity contribution in [3.8, 4) is 11.5 Å². The van der Waals surface area contributed by atoms with E-state index in [9.17, 15) is 9.59 Å². The molecule has 2 rings (SSSR count). The van der Waals surface area contributed by atoms with Crippen molar-refractivity contribution in [2.24, 2.45) is 5.73 Å². The number of methoxy groups -OCH3 is 2. The second-order valence-electron chi connectivity index (χ2n) is 5.81. The molecule has 2 atom stereocenters. The molecule has 0 spiro atoms. The minimum atomic E-state index is -0.510. The van der Waals surface area contributed by atoms with Gasteiger partial charge in [-0.2, -0.15) is 0 Å². The molecule has 0 saturated carbocycles. The molecular formula is C17H25N3O4. The van der Waals surface area contributed by atoms with Gasteiger partial charge in [0, 0.05) is 24.7 Å². The highest BCUT2D eigenvalue weighted by atomic mass is 16.5. The van der Waals surface area contributed by atoms with Gasteiger partial charge in [-0.15, -0.1) is 0 Å². The largest absolute Gasteiger partial charge is 0.497 e. The average Bonchev–Trinajstić information content (AvgIpc) is 2.97. The van der Waals surface area contributed by atoms with Crippen molar-refractivity contribution >= 4 is 11.8 Å². The number of nitrogens with zero attached hydrogens (tertiary/aromatic N) is 1. The first kappa shape index (κ1) is 18.1. The van der Waals surface area contributed by atoms with Crippen LogP contribution in [-0.4, -0.2) is 56.1 Å². The second-order valence-corrected chi connectivity index (χ2v) is 5.81. The average molecular weight is 335 g/mol. The van der Waals surface area contributed by atoms with Crippen LogP contribution < -0.4 is 20.5 Å². The molecule has 1 aromatic rings. The summed E-state index contributed by atoms with van der Waals surface area (Å²) in [5.74, 6) is 0.960. The Labute approximate surface area is 142 Å². The Balaban J connectivity index is 2.17. The van der Waals surface area contributed by atoms with Gasteiger partial charge in [0.2, 0.25) is 11.8 Å². The molecule has 1 fully saturated rings. The first-order valence-electron chi connectivity index (χ1n) is 8.03. The van der Waals surface area contributed by atoms with Crippen LogP contribution in [0.25, 0.3) is 0 Å². The van der Waals surface area contributed by atoms with Gasteiger partial charge in [0.05, 0.1) is 20.6 Å². The van der Waals surface area contributed by atoms with Crippen LogP contribution in [-0.2, 0) is 16.0 Å². The first-order chi connectivity index (χ1) is 11.5. The lowest BCUT2D eigenvalue weighted by Crippen LogP contribution is -2.46. The Hall–Kier alpha value is -2.28. The van der Waals surface area contributed by atoms with Gasteiger partial charge in [0.15, 0.2) is 0 Å². The Morgan fingerprint density at radius 2 is 2.08 bits per heavy atom. The van der Waals surface area contributed by atoms with Crippen LogP contribution in [0.15, 0.2) is 18.2 Å². The molecule has 24 heavy (non-hydrogen) atoms. The number of carbonyl (C=O) groups excluding carboxylic acids is 2. The summed E-state index contributed by atoms with van der Waals surface area (Å²) < 4.78 is 10.5. The van der Waals surface area contributed by atoms with E-state index in [-0.39, 0.29) is 24.3 Å². The summed E-state index contributed by atoms with van der Waals surface area (Å²) in [7, 11) is 3.12. The molecule has 2 amide bonds. The number of benzene rings is 1. The summed E-state index contributed by atoms with van der Waals surface area (Å²) in [6.45, 7) is 2.75. The van der Waals surface area contributed by atoms with E-state index < -0.39 is 6.04 Å². The van der Waals surface area contributed by atoms with Crippen LogP contribution >= 0.6 is 0 Å². The van der Waals surface area contributed by atoms with Crippen LogP contribution in [0, 0.1) is 0 Å². The van der Waals surface area contributed by atoms with Gasteiger partial charge in [-0.05, 0) is 31.5 Å². The van der Waals surface area contributed by atoms with Crippen LogP contribution in [0.3, 0.4) is 0 Å². The SMILES string of the molecule is CCNC(=O)[C@@H]1C[C@H](N)CN1C(=O)Cc1cc(OC)ccc1OC. The lowest BCUT2D eigenvalue weighted by atomic mass is 10.1. The van der Waals surface area contributed by atoms with E-state index in [0.717, 1.165) is 5.56 Å². The highest BCUT2D eigenvalue weighted by Crippen LogP contribution is 2.26. The van der Waals surface area contributed by atoms with E-state index in [0.29, 0.717) is 31.0 Å². The summed E-state index contributed by atoms with van der Waals surface area (Å²) in [4.78, 5) is 26.5. The number of likely N-dealkylation sites (N-methyl/N-ethyl adjacent to an activating group) is 1. The van der Waals surface area contributed by atoms with Crippen molar-refractivity contribution < 1.29 is 19.1 Å². The van der Waals surface area contributed by atoms with E-state index in [4.69, 9.17) is 15.2 Å². The molecule has 3 N–H and O–H groups in total. The Morgan fingerprint density at radius 3 is 2.71 bits per heavy atom. The zero-order chi connectivity index (χ0) is 17.7. The number of hydrogen-bond acceptors (Lipinski definition) is 5. The third kappa shape index (κ3) is 3.97. The smallest absolute Gasteiger partial charge is 0.242 e. The Morgan fingerprint density at radius 1 is 1.33 bits per heavy atom. The molecule has 7 heteroatoms. The number of likely N-dealkylation sites (tertiary alicyclic amines) is 1. The monoisotopic (exact) mass is 335 g/mol. The molecule has 0 aromatic heterocycles. The van der Waals surface area contributed by atoms with Crippen molar-refractivity contribution in [2.75, 3.05) is 27.3 Å². The molecule has 1 aliphatic rings. The summed E-state index contributed by atoms with van der Waals surface area (Å²) in [6.07, 6.45) is 0.607. The second kappa shape index (κ2) is 8.01. The number of amides is 2. The van der Waals surface area contributed by atoms with E-state index in [1.54, 1.807) is 37.3 Å². The highest BCUT2D eigenvalue weighted by molar-refractivity contribution is 5.89. The number of hydrogen-bond donors (Lipinski definition) is 2. The molecule has 0 bridgehead atoms. The minimum Gasteiger partial charge on any atom is -0.497 e. The third-order valence-corrected chi connectivity index (χ3v) is 4.14. The summed E-state index contributed by atoms with van der Waals surface area (Å²) >= 11 is 0. The zero-order valence-electron chi connectivity index (χ0n) is 14.4. The van der Waals surface area contributed by atoms with Gasteiger partial charge in [0.1, 0.15) is 17.5 Å². The fraction of sp³-hybridized carbons (Fsp3) is 0.529.